The second-order valence-corrected chi connectivity index (χ2v) is 9.90. The summed E-state index contributed by atoms with van der Waals surface area (Å²) in [5.74, 6) is 0.885. The van der Waals surface area contributed by atoms with Gasteiger partial charge in [-0.3, -0.25) is 4.90 Å². The summed E-state index contributed by atoms with van der Waals surface area (Å²) in [5.41, 5.74) is 1.77. The van der Waals surface area contributed by atoms with E-state index in [1.54, 1.807) is 11.2 Å². The number of benzene rings is 1. The SMILES string of the molecule is C[C@@H](CN1CCN(C(=O)OC(C)(C)C)CC1)Nc1ncnc2c(N3CCCC3)cccc12. The third-order valence-electron chi connectivity index (χ3n) is 6.03. The fourth-order valence-corrected chi connectivity index (χ4v) is 4.51. The Kier molecular flexibility index (Phi) is 6.69. The summed E-state index contributed by atoms with van der Waals surface area (Å²) < 4.78 is 5.50. The van der Waals surface area contributed by atoms with E-state index in [2.05, 4.69) is 50.2 Å². The number of piperazine rings is 1. The molecule has 0 bridgehead atoms. The number of hydrogen-bond donors (Lipinski definition) is 1. The van der Waals surface area contributed by atoms with Gasteiger partial charge in [0.05, 0.1) is 11.2 Å². The van der Waals surface area contributed by atoms with Gasteiger partial charge >= 0.3 is 6.09 Å². The monoisotopic (exact) mass is 440 g/mol. The number of ether oxygens (including phenoxy) is 1. The molecule has 0 unspecified atom stereocenters. The highest BCUT2D eigenvalue weighted by Gasteiger charge is 2.26. The fraction of sp³-hybridized carbons (Fsp3) is 0.625. The minimum atomic E-state index is -0.457. The molecule has 1 amide bonds. The van der Waals surface area contributed by atoms with E-state index in [-0.39, 0.29) is 12.1 Å². The lowest BCUT2D eigenvalue weighted by Gasteiger charge is -2.36. The minimum absolute atomic E-state index is 0.218. The molecule has 1 N–H and O–H groups in total. The number of para-hydroxylation sites is 1. The standard InChI is InChI=1S/C24H36N6O2/c1-18(16-28-12-14-30(15-13-28)23(31)32-24(2,3)4)27-22-19-8-7-9-20(21(19)25-17-26-22)29-10-5-6-11-29/h7-9,17-18H,5-6,10-16H2,1-4H3,(H,25,26,27)/t18-/m0/s1. The van der Waals surface area contributed by atoms with Crippen LogP contribution in [0.5, 0.6) is 0 Å². The van der Waals surface area contributed by atoms with Gasteiger partial charge in [-0.05, 0) is 52.7 Å². The molecule has 0 aliphatic carbocycles. The van der Waals surface area contributed by atoms with Gasteiger partial charge in [-0.2, -0.15) is 0 Å². The Hall–Kier alpha value is -2.61. The molecule has 8 heteroatoms. The van der Waals surface area contributed by atoms with Crippen LogP contribution in [-0.4, -0.2) is 83.3 Å². The highest BCUT2D eigenvalue weighted by atomic mass is 16.6. The summed E-state index contributed by atoms with van der Waals surface area (Å²) in [6.45, 7) is 14.0. The van der Waals surface area contributed by atoms with Crippen molar-refractivity contribution >= 4 is 28.5 Å². The lowest BCUT2D eigenvalue weighted by molar-refractivity contribution is 0.0144. The number of anilines is 2. The first-order valence-electron chi connectivity index (χ1n) is 11.8. The number of amides is 1. The molecule has 2 aliphatic heterocycles. The largest absolute Gasteiger partial charge is 0.444 e. The van der Waals surface area contributed by atoms with Crippen molar-refractivity contribution in [2.24, 2.45) is 0 Å². The highest BCUT2D eigenvalue weighted by Crippen LogP contribution is 2.30. The Bertz CT molecular complexity index is 930. The van der Waals surface area contributed by atoms with Crippen molar-refractivity contribution in [2.45, 2.75) is 52.2 Å². The zero-order valence-corrected chi connectivity index (χ0v) is 19.8. The topological polar surface area (TPSA) is 73.8 Å². The summed E-state index contributed by atoms with van der Waals surface area (Å²) in [4.78, 5) is 28.1. The van der Waals surface area contributed by atoms with Gasteiger partial charge in [-0.15, -0.1) is 0 Å². The van der Waals surface area contributed by atoms with Crippen molar-refractivity contribution in [3.05, 3.63) is 24.5 Å². The summed E-state index contributed by atoms with van der Waals surface area (Å²) >= 11 is 0. The number of carbonyl (C=O) groups excluding carboxylic acids is 1. The summed E-state index contributed by atoms with van der Waals surface area (Å²) in [6.07, 6.45) is 3.93. The van der Waals surface area contributed by atoms with Gasteiger partial charge in [0, 0.05) is 57.2 Å². The van der Waals surface area contributed by atoms with Crippen molar-refractivity contribution in [3.63, 3.8) is 0 Å². The lowest BCUT2D eigenvalue weighted by atomic mass is 10.1. The van der Waals surface area contributed by atoms with Crippen molar-refractivity contribution in [1.82, 2.24) is 19.8 Å². The molecule has 1 aromatic heterocycles. The minimum Gasteiger partial charge on any atom is -0.444 e. The van der Waals surface area contributed by atoms with Crippen LogP contribution in [0.2, 0.25) is 0 Å². The van der Waals surface area contributed by atoms with Crippen LogP contribution in [0.15, 0.2) is 24.5 Å². The molecule has 2 aromatic rings. The van der Waals surface area contributed by atoms with E-state index >= 15 is 0 Å². The highest BCUT2D eigenvalue weighted by molar-refractivity contribution is 5.97. The molecule has 2 aliphatic rings. The molecule has 32 heavy (non-hydrogen) atoms. The van der Waals surface area contributed by atoms with Gasteiger partial charge in [-0.1, -0.05) is 6.07 Å². The summed E-state index contributed by atoms with van der Waals surface area (Å²) in [6, 6.07) is 6.59. The van der Waals surface area contributed by atoms with E-state index in [9.17, 15) is 4.79 Å². The molecule has 4 rings (SSSR count). The van der Waals surface area contributed by atoms with Crippen LogP contribution in [0, 0.1) is 0 Å². The Morgan fingerprint density at radius 1 is 1.09 bits per heavy atom. The van der Waals surface area contributed by atoms with Crippen molar-refractivity contribution in [1.29, 1.82) is 0 Å². The molecule has 8 nitrogen and oxygen atoms in total. The van der Waals surface area contributed by atoms with Crippen LogP contribution in [0.25, 0.3) is 10.9 Å². The number of carbonyl (C=O) groups is 1. The molecule has 1 atom stereocenters. The molecular weight excluding hydrogens is 404 g/mol. The van der Waals surface area contributed by atoms with Crippen LogP contribution < -0.4 is 10.2 Å². The number of nitrogens with zero attached hydrogens (tertiary/aromatic N) is 5. The fourth-order valence-electron chi connectivity index (χ4n) is 4.51. The lowest BCUT2D eigenvalue weighted by Crippen LogP contribution is -2.51. The molecule has 174 valence electrons. The third kappa shape index (κ3) is 5.41. The number of aromatic nitrogens is 2. The maximum absolute atomic E-state index is 12.3. The maximum Gasteiger partial charge on any atom is 0.410 e. The van der Waals surface area contributed by atoms with Gasteiger partial charge < -0.3 is 19.9 Å². The molecule has 1 aromatic carbocycles. The molecule has 0 spiro atoms. The summed E-state index contributed by atoms with van der Waals surface area (Å²) in [5, 5.41) is 4.67. The van der Waals surface area contributed by atoms with Gasteiger partial charge in [-0.25, -0.2) is 14.8 Å². The molecule has 0 saturated carbocycles. The first-order chi connectivity index (χ1) is 15.3. The van der Waals surface area contributed by atoms with Gasteiger partial charge in [0.2, 0.25) is 0 Å². The number of rotatable bonds is 5. The van der Waals surface area contributed by atoms with Crippen LogP contribution >= 0.6 is 0 Å². The quantitative estimate of drug-likeness (QED) is 0.762. The second kappa shape index (κ2) is 9.48. The van der Waals surface area contributed by atoms with Crippen molar-refractivity contribution in [3.8, 4) is 0 Å². The van der Waals surface area contributed by atoms with E-state index in [1.807, 2.05) is 20.8 Å². The molecule has 2 saturated heterocycles. The van der Waals surface area contributed by atoms with E-state index in [0.717, 1.165) is 49.4 Å². The van der Waals surface area contributed by atoms with Crippen molar-refractivity contribution in [2.75, 3.05) is 56.0 Å². The number of hydrogen-bond acceptors (Lipinski definition) is 7. The van der Waals surface area contributed by atoms with Gasteiger partial charge in [0.25, 0.3) is 0 Å². The van der Waals surface area contributed by atoms with Gasteiger partial charge in [0.15, 0.2) is 0 Å². The summed E-state index contributed by atoms with van der Waals surface area (Å²) in [7, 11) is 0. The second-order valence-electron chi connectivity index (χ2n) is 9.90. The van der Waals surface area contributed by atoms with E-state index in [4.69, 9.17) is 4.74 Å². The first kappa shape index (κ1) is 22.6. The first-order valence-corrected chi connectivity index (χ1v) is 11.8. The number of nitrogens with one attached hydrogen (secondary N) is 1. The smallest absolute Gasteiger partial charge is 0.410 e. The zero-order valence-electron chi connectivity index (χ0n) is 19.8. The molecule has 2 fully saturated rings. The van der Waals surface area contributed by atoms with Crippen molar-refractivity contribution < 1.29 is 9.53 Å². The Morgan fingerprint density at radius 3 is 2.50 bits per heavy atom. The predicted octanol–water partition coefficient (Wildman–Crippen LogP) is 3.58. The Labute approximate surface area is 190 Å². The van der Waals surface area contributed by atoms with E-state index in [1.165, 1.54) is 18.5 Å². The maximum atomic E-state index is 12.3. The molecule has 0 radical (unpaired) electrons. The molecule has 3 heterocycles. The van der Waals surface area contributed by atoms with Crippen LogP contribution in [0.4, 0.5) is 16.3 Å². The van der Waals surface area contributed by atoms with Gasteiger partial charge in [0.1, 0.15) is 17.7 Å². The number of fused-ring (bicyclic) bond motifs is 1. The van der Waals surface area contributed by atoms with Crippen LogP contribution in [0.1, 0.15) is 40.5 Å². The normalized spacial score (nSPS) is 18.8. The van der Waals surface area contributed by atoms with E-state index < -0.39 is 5.60 Å². The average molecular weight is 441 g/mol. The average Bonchev–Trinajstić information content (AvgIpc) is 3.27. The Morgan fingerprint density at radius 2 is 1.81 bits per heavy atom. The van der Waals surface area contributed by atoms with Crippen LogP contribution in [0.3, 0.4) is 0 Å². The van der Waals surface area contributed by atoms with Crippen LogP contribution in [-0.2, 0) is 4.74 Å². The van der Waals surface area contributed by atoms with E-state index in [0.29, 0.717) is 13.1 Å². The third-order valence-corrected chi connectivity index (χ3v) is 6.03. The predicted molar refractivity (Wildman–Crippen MR) is 128 cm³/mol. The molecular formula is C24H36N6O2. The zero-order chi connectivity index (χ0) is 22.7. The Balaban J connectivity index is 1.35.